The van der Waals surface area contributed by atoms with Gasteiger partial charge in [-0.15, -0.1) is 0 Å². The summed E-state index contributed by atoms with van der Waals surface area (Å²) in [6.07, 6.45) is 7.57. The molecule has 2 aromatic carbocycles. The predicted octanol–water partition coefficient (Wildman–Crippen LogP) is 7.12. The second-order valence-electron chi connectivity index (χ2n) is 9.40. The van der Waals surface area contributed by atoms with E-state index in [9.17, 15) is 0 Å². The highest BCUT2D eigenvalue weighted by Crippen LogP contribution is 2.29. The van der Waals surface area contributed by atoms with E-state index in [0.29, 0.717) is 19.6 Å². The molecule has 0 saturated carbocycles. The number of rotatable bonds is 5. The van der Waals surface area contributed by atoms with Gasteiger partial charge in [0, 0.05) is 13.1 Å². The molecule has 0 spiro atoms. The Morgan fingerprint density at radius 3 is 2.22 bits per heavy atom. The number of aromatic nitrogens is 2. The van der Waals surface area contributed by atoms with Gasteiger partial charge in [0.15, 0.2) is 0 Å². The first-order chi connectivity index (χ1) is 18.1. The molecule has 37 heavy (non-hydrogen) atoms. The SMILES string of the molecule is Cc1cccc(N=C2/C(=C/c3ccco3)CN(Cc3nc4ccccc4[nH]3)C/C2=C\c2ccco2)c1C. The van der Waals surface area contributed by atoms with Crippen molar-refractivity contribution in [3.8, 4) is 0 Å². The molecular weight excluding hydrogens is 460 g/mol. The average Bonchev–Trinajstić information content (AvgIpc) is 3.66. The molecule has 6 nitrogen and oxygen atoms in total. The van der Waals surface area contributed by atoms with Crippen molar-refractivity contribution in [2.45, 2.75) is 20.4 Å². The number of aromatic amines is 1. The zero-order valence-electron chi connectivity index (χ0n) is 20.9. The Hall–Kier alpha value is -4.42. The third-order valence-corrected chi connectivity index (χ3v) is 6.74. The number of nitrogens with zero attached hydrogens (tertiary/aromatic N) is 3. The maximum atomic E-state index is 5.71. The highest BCUT2D eigenvalue weighted by atomic mass is 16.3. The van der Waals surface area contributed by atoms with E-state index in [1.54, 1.807) is 12.5 Å². The number of para-hydroxylation sites is 2. The summed E-state index contributed by atoms with van der Waals surface area (Å²) in [5.41, 5.74) is 8.49. The van der Waals surface area contributed by atoms with Crippen LogP contribution in [0.4, 0.5) is 5.69 Å². The molecule has 0 unspecified atom stereocenters. The van der Waals surface area contributed by atoms with Crippen molar-refractivity contribution in [1.29, 1.82) is 0 Å². The Balaban J connectivity index is 1.44. The van der Waals surface area contributed by atoms with Crippen LogP contribution in [0.15, 0.2) is 104 Å². The fourth-order valence-corrected chi connectivity index (χ4v) is 4.74. The van der Waals surface area contributed by atoms with Crippen LogP contribution in [0, 0.1) is 13.8 Å². The number of piperidine rings is 1. The molecule has 3 aromatic heterocycles. The first-order valence-corrected chi connectivity index (χ1v) is 12.4. The van der Waals surface area contributed by atoms with Gasteiger partial charge in [-0.1, -0.05) is 24.3 Å². The van der Waals surface area contributed by atoms with Gasteiger partial charge in [0.25, 0.3) is 0 Å². The number of H-pyrrole nitrogens is 1. The van der Waals surface area contributed by atoms with Crippen LogP contribution in [0.1, 0.15) is 28.5 Å². The van der Waals surface area contributed by atoms with E-state index >= 15 is 0 Å². The van der Waals surface area contributed by atoms with Crippen molar-refractivity contribution in [3.63, 3.8) is 0 Å². The number of aliphatic imine (C=N–C) groups is 1. The van der Waals surface area contributed by atoms with Gasteiger partial charge < -0.3 is 13.8 Å². The molecule has 0 bridgehead atoms. The zero-order valence-corrected chi connectivity index (χ0v) is 20.9. The van der Waals surface area contributed by atoms with E-state index in [4.69, 9.17) is 18.8 Å². The maximum Gasteiger partial charge on any atom is 0.127 e. The molecule has 1 N–H and O–H groups in total. The molecule has 5 aromatic rings. The fraction of sp³-hybridized carbons (Fsp3) is 0.161. The number of nitrogens with one attached hydrogen (secondary N) is 1. The van der Waals surface area contributed by atoms with Crippen LogP contribution in [-0.4, -0.2) is 33.7 Å². The Kier molecular flexibility index (Phi) is 6.16. The van der Waals surface area contributed by atoms with E-state index in [2.05, 4.69) is 60.1 Å². The summed E-state index contributed by atoms with van der Waals surface area (Å²) in [7, 11) is 0. The van der Waals surface area contributed by atoms with Crippen molar-refractivity contribution in [3.05, 3.63) is 119 Å². The lowest BCUT2D eigenvalue weighted by atomic mass is 9.94. The van der Waals surface area contributed by atoms with Crippen molar-refractivity contribution in [2.75, 3.05) is 13.1 Å². The van der Waals surface area contributed by atoms with Crippen molar-refractivity contribution >= 4 is 34.6 Å². The summed E-state index contributed by atoms with van der Waals surface area (Å²) in [5.74, 6) is 2.53. The molecule has 1 saturated heterocycles. The molecule has 4 heterocycles. The lowest BCUT2D eigenvalue weighted by molar-refractivity contribution is 0.307. The number of furan rings is 2. The summed E-state index contributed by atoms with van der Waals surface area (Å²) in [4.78, 5) is 15.9. The van der Waals surface area contributed by atoms with E-state index in [-0.39, 0.29) is 0 Å². The Labute approximate surface area is 215 Å². The third kappa shape index (κ3) is 4.97. The van der Waals surface area contributed by atoms with Gasteiger partial charge in [0.1, 0.15) is 17.3 Å². The zero-order chi connectivity index (χ0) is 25.2. The van der Waals surface area contributed by atoms with Gasteiger partial charge in [0.05, 0.1) is 41.5 Å². The largest absolute Gasteiger partial charge is 0.465 e. The summed E-state index contributed by atoms with van der Waals surface area (Å²) in [6.45, 7) is 6.33. The number of fused-ring (bicyclic) bond motifs is 1. The van der Waals surface area contributed by atoms with Crippen molar-refractivity contribution < 1.29 is 8.83 Å². The maximum absolute atomic E-state index is 5.71. The van der Waals surface area contributed by atoms with Gasteiger partial charge in [-0.25, -0.2) is 9.98 Å². The highest BCUT2D eigenvalue weighted by molar-refractivity contribution is 6.19. The van der Waals surface area contributed by atoms with Crippen molar-refractivity contribution in [1.82, 2.24) is 14.9 Å². The van der Waals surface area contributed by atoms with Crippen molar-refractivity contribution in [2.24, 2.45) is 4.99 Å². The molecule has 0 aliphatic carbocycles. The monoisotopic (exact) mass is 488 g/mol. The van der Waals surface area contributed by atoms with E-state index in [1.165, 1.54) is 11.1 Å². The van der Waals surface area contributed by atoms with Gasteiger partial charge >= 0.3 is 0 Å². The average molecular weight is 489 g/mol. The molecule has 0 amide bonds. The molecule has 0 radical (unpaired) electrons. The van der Waals surface area contributed by atoms with Crippen LogP contribution in [0.3, 0.4) is 0 Å². The van der Waals surface area contributed by atoms with Crippen LogP contribution in [-0.2, 0) is 6.54 Å². The summed E-state index contributed by atoms with van der Waals surface area (Å²) >= 11 is 0. The van der Waals surface area contributed by atoms with Crippen LogP contribution < -0.4 is 0 Å². The van der Waals surface area contributed by atoms with Gasteiger partial charge in [-0.2, -0.15) is 0 Å². The number of hydrogen-bond acceptors (Lipinski definition) is 5. The minimum atomic E-state index is 0.677. The number of aryl methyl sites for hydroxylation is 1. The summed E-state index contributed by atoms with van der Waals surface area (Å²) in [6, 6.07) is 22.1. The molecular formula is C31H28N4O2. The van der Waals surface area contributed by atoms with E-state index < -0.39 is 0 Å². The third-order valence-electron chi connectivity index (χ3n) is 6.74. The quantitative estimate of drug-likeness (QED) is 0.286. The normalized spacial score (nSPS) is 16.8. The molecule has 1 fully saturated rings. The van der Waals surface area contributed by atoms with Gasteiger partial charge in [-0.05, 0) is 90.7 Å². The predicted molar refractivity (Wildman–Crippen MR) is 148 cm³/mol. The molecule has 0 atom stereocenters. The summed E-state index contributed by atoms with van der Waals surface area (Å²) in [5, 5.41) is 0. The molecule has 1 aliphatic heterocycles. The van der Waals surface area contributed by atoms with Crippen LogP contribution in [0.2, 0.25) is 0 Å². The first kappa shape index (κ1) is 23.0. The minimum absolute atomic E-state index is 0.677. The molecule has 184 valence electrons. The standard InChI is InChI=1S/C31H28N4O2/c1-21-8-5-13-27(22(21)2)34-31-23(16-25-9-6-14-36-25)18-35(19-24(31)17-26-10-7-15-37-26)20-30-32-28-11-3-4-12-29(28)33-30/h3-17H,18-20H2,1-2H3,(H,32,33)/b23-16+,24-17+. The highest BCUT2D eigenvalue weighted by Gasteiger charge is 2.26. The van der Waals surface area contributed by atoms with E-state index in [0.717, 1.165) is 50.9 Å². The Morgan fingerprint density at radius 2 is 1.57 bits per heavy atom. The van der Waals surface area contributed by atoms with Gasteiger partial charge in [-0.3, -0.25) is 4.90 Å². The Bertz CT molecular complexity index is 1530. The first-order valence-electron chi connectivity index (χ1n) is 12.4. The van der Waals surface area contributed by atoms with Crippen LogP contribution >= 0.6 is 0 Å². The van der Waals surface area contributed by atoms with Gasteiger partial charge in [0.2, 0.25) is 0 Å². The Morgan fingerprint density at radius 1 is 0.865 bits per heavy atom. The number of imidazole rings is 1. The topological polar surface area (TPSA) is 70.6 Å². The second-order valence-corrected chi connectivity index (χ2v) is 9.40. The smallest absolute Gasteiger partial charge is 0.127 e. The number of benzene rings is 2. The molecule has 6 heteroatoms. The molecule has 1 aliphatic rings. The minimum Gasteiger partial charge on any atom is -0.465 e. The molecule has 6 rings (SSSR count). The van der Waals surface area contributed by atoms with Crippen LogP contribution in [0.25, 0.3) is 23.2 Å². The number of hydrogen-bond donors (Lipinski definition) is 1. The fourth-order valence-electron chi connectivity index (χ4n) is 4.74. The second kappa shape index (κ2) is 9.91. The lowest BCUT2D eigenvalue weighted by Gasteiger charge is -2.31. The number of likely N-dealkylation sites (tertiary alicyclic amines) is 1. The summed E-state index contributed by atoms with van der Waals surface area (Å²) < 4.78 is 11.4. The lowest BCUT2D eigenvalue weighted by Crippen LogP contribution is -2.37. The van der Waals surface area contributed by atoms with E-state index in [1.807, 2.05) is 42.5 Å². The van der Waals surface area contributed by atoms with Crippen LogP contribution in [0.5, 0.6) is 0 Å².